The molecule has 2 unspecified atom stereocenters. The van der Waals surface area contributed by atoms with Crippen molar-refractivity contribution in [2.24, 2.45) is 0 Å². The third-order valence-electron chi connectivity index (χ3n) is 6.46. The van der Waals surface area contributed by atoms with Gasteiger partial charge in [0.25, 0.3) is 5.69 Å². The molecule has 32 heavy (non-hydrogen) atoms. The van der Waals surface area contributed by atoms with Gasteiger partial charge in [-0.25, -0.2) is 5.06 Å². The van der Waals surface area contributed by atoms with Crippen LogP contribution in [0.5, 0.6) is 11.5 Å². The van der Waals surface area contributed by atoms with E-state index in [1.807, 2.05) is 48.6 Å². The maximum Gasteiger partial charge on any atom is 0.274 e. The molecule has 0 fully saturated rings. The summed E-state index contributed by atoms with van der Waals surface area (Å²) in [4.78, 5) is 16.9. The summed E-state index contributed by atoms with van der Waals surface area (Å²) >= 11 is 0. The number of hydrogen-bond acceptors (Lipinski definition) is 6. The van der Waals surface area contributed by atoms with Crippen molar-refractivity contribution in [3.63, 3.8) is 0 Å². The van der Waals surface area contributed by atoms with Gasteiger partial charge in [0.15, 0.2) is 11.5 Å². The number of nitro groups is 1. The monoisotopic (exact) mass is 430 g/mol. The first kappa shape index (κ1) is 20.1. The lowest BCUT2D eigenvalue weighted by Gasteiger charge is -2.47. The zero-order valence-electron chi connectivity index (χ0n) is 17.9. The van der Waals surface area contributed by atoms with Crippen molar-refractivity contribution in [1.82, 2.24) is 0 Å². The van der Waals surface area contributed by atoms with Crippen LogP contribution in [0.2, 0.25) is 0 Å². The third-order valence-corrected chi connectivity index (χ3v) is 6.46. The molecule has 7 nitrogen and oxygen atoms in total. The fourth-order valence-corrected chi connectivity index (χ4v) is 4.89. The molecule has 3 aromatic rings. The SMILES string of the molecule is COc1cc([N+](=O)[O-])cc2c1OC1(C=C2)N(OC)c2ccccc2C1(C)c1ccccc1. The molecule has 2 atom stereocenters. The number of nitrogens with zero attached hydrogens (tertiary/aromatic N) is 2. The molecule has 1 spiro atoms. The summed E-state index contributed by atoms with van der Waals surface area (Å²) in [5.41, 5.74) is 1.72. The van der Waals surface area contributed by atoms with E-state index in [1.54, 1.807) is 12.2 Å². The number of fused-ring (bicyclic) bond motifs is 2. The van der Waals surface area contributed by atoms with Crippen molar-refractivity contribution >= 4 is 17.5 Å². The van der Waals surface area contributed by atoms with Crippen LogP contribution in [0.3, 0.4) is 0 Å². The van der Waals surface area contributed by atoms with Gasteiger partial charge >= 0.3 is 0 Å². The number of ether oxygens (including phenoxy) is 2. The molecule has 7 heteroatoms. The Kier molecular flexibility index (Phi) is 4.46. The summed E-state index contributed by atoms with van der Waals surface area (Å²) in [6, 6.07) is 21.0. The number of methoxy groups -OCH3 is 1. The van der Waals surface area contributed by atoms with Gasteiger partial charge < -0.3 is 9.47 Å². The number of hydrogen-bond donors (Lipinski definition) is 0. The first-order valence-electron chi connectivity index (χ1n) is 10.2. The summed E-state index contributed by atoms with van der Waals surface area (Å²) in [5.74, 6) is 0.720. The molecule has 0 aromatic heterocycles. The summed E-state index contributed by atoms with van der Waals surface area (Å²) in [6.45, 7) is 2.12. The zero-order chi connectivity index (χ0) is 22.5. The van der Waals surface area contributed by atoms with Gasteiger partial charge in [-0.15, -0.1) is 0 Å². The van der Waals surface area contributed by atoms with E-state index in [2.05, 4.69) is 25.1 Å². The highest BCUT2D eigenvalue weighted by Gasteiger charge is 2.63. The lowest BCUT2D eigenvalue weighted by atomic mass is 9.69. The number of non-ortho nitro benzene ring substituents is 1. The van der Waals surface area contributed by atoms with Crippen LogP contribution in [0.1, 0.15) is 23.6 Å². The fraction of sp³-hybridized carbons (Fsp3) is 0.200. The summed E-state index contributed by atoms with van der Waals surface area (Å²) in [7, 11) is 3.08. The lowest BCUT2D eigenvalue weighted by molar-refractivity contribution is -0.385. The van der Waals surface area contributed by atoms with Crippen LogP contribution in [0.15, 0.2) is 72.8 Å². The van der Waals surface area contributed by atoms with Crippen LogP contribution >= 0.6 is 0 Å². The second-order valence-electron chi connectivity index (χ2n) is 7.94. The minimum absolute atomic E-state index is 0.0612. The lowest BCUT2D eigenvalue weighted by Crippen LogP contribution is -2.60. The molecule has 5 rings (SSSR count). The molecule has 0 saturated heterocycles. The smallest absolute Gasteiger partial charge is 0.274 e. The van der Waals surface area contributed by atoms with E-state index in [1.165, 1.54) is 19.2 Å². The molecule has 0 N–H and O–H groups in total. The number of hydroxylamine groups is 1. The normalized spacial score (nSPS) is 22.9. The second kappa shape index (κ2) is 7.10. The predicted molar refractivity (Wildman–Crippen MR) is 121 cm³/mol. The highest BCUT2D eigenvalue weighted by molar-refractivity contribution is 5.76. The molecule has 0 radical (unpaired) electrons. The number of rotatable bonds is 4. The van der Waals surface area contributed by atoms with Crippen LogP contribution in [0.4, 0.5) is 11.4 Å². The molecule has 0 bridgehead atoms. The predicted octanol–water partition coefficient (Wildman–Crippen LogP) is 5.09. The fourth-order valence-electron chi connectivity index (χ4n) is 4.89. The number of anilines is 1. The summed E-state index contributed by atoms with van der Waals surface area (Å²) in [5, 5.41) is 13.2. The summed E-state index contributed by atoms with van der Waals surface area (Å²) < 4.78 is 12.3. The van der Waals surface area contributed by atoms with Gasteiger partial charge in [-0.05, 0) is 36.3 Å². The zero-order valence-corrected chi connectivity index (χ0v) is 17.9. The Labute approximate surface area is 185 Å². The van der Waals surface area contributed by atoms with E-state index in [0.29, 0.717) is 17.1 Å². The van der Waals surface area contributed by atoms with E-state index >= 15 is 0 Å². The highest BCUT2D eigenvalue weighted by atomic mass is 16.7. The average molecular weight is 430 g/mol. The maximum absolute atomic E-state index is 11.4. The van der Waals surface area contributed by atoms with Crippen LogP contribution < -0.4 is 14.5 Å². The second-order valence-corrected chi connectivity index (χ2v) is 7.94. The van der Waals surface area contributed by atoms with Gasteiger partial charge in [0.2, 0.25) is 5.72 Å². The Balaban J connectivity index is 1.79. The Morgan fingerprint density at radius 3 is 2.44 bits per heavy atom. The van der Waals surface area contributed by atoms with Crippen molar-refractivity contribution in [3.8, 4) is 11.5 Å². The van der Waals surface area contributed by atoms with Crippen molar-refractivity contribution in [2.45, 2.75) is 18.1 Å². The average Bonchev–Trinajstić information content (AvgIpc) is 3.03. The topological polar surface area (TPSA) is 74.1 Å². The number of benzene rings is 3. The maximum atomic E-state index is 11.4. The van der Waals surface area contributed by atoms with E-state index in [4.69, 9.17) is 14.3 Å². The number of nitro benzene ring substituents is 1. The van der Waals surface area contributed by atoms with Crippen LogP contribution in [0.25, 0.3) is 6.08 Å². The minimum Gasteiger partial charge on any atom is -0.493 e. The van der Waals surface area contributed by atoms with E-state index in [0.717, 1.165) is 16.8 Å². The number of para-hydroxylation sites is 1. The Hall–Kier alpha value is -3.84. The van der Waals surface area contributed by atoms with E-state index in [9.17, 15) is 10.1 Å². The van der Waals surface area contributed by atoms with Gasteiger partial charge in [-0.2, -0.15) is 0 Å². The molecule has 2 aliphatic rings. The van der Waals surface area contributed by atoms with Gasteiger partial charge in [0.1, 0.15) is 0 Å². The van der Waals surface area contributed by atoms with Gasteiger partial charge in [0, 0.05) is 11.6 Å². The van der Waals surface area contributed by atoms with Crippen LogP contribution in [-0.2, 0) is 10.3 Å². The van der Waals surface area contributed by atoms with Gasteiger partial charge in [-0.1, -0.05) is 48.5 Å². The molecule has 0 aliphatic carbocycles. The highest BCUT2D eigenvalue weighted by Crippen LogP contribution is 2.59. The molecule has 0 amide bonds. The Morgan fingerprint density at radius 2 is 1.75 bits per heavy atom. The molecular weight excluding hydrogens is 408 g/mol. The van der Waals surface area contributed by atoms with Crippen molar-refractivity contribution in [2.75, 3.05) is 19.3 Å². The molecular formula is C25H22N2O5. The van der Waals surface area contributed by atoms with Gasteiger partial charge in [0.05, 0.1) is 36.3 Å². The molecule has 2 heterocycles. The molecule has 162 valence electrons. The Bertz CT molecular complexity index is 1240. The van der Waals surface area contributed by atoms with Crippen molar-refractivity contribution in [1.29, 1.82) is 0 Å². The quantitative estimate of drug-likeness (QED) is 0.424. The van der Waals surface area contributed by atoms with Crippen LogP contribution in [0, 0.1) is 10.1 Å². The third kappa shape index (κ3) is 2.51. The molecule has 3 aromatic carbocycles. The van der Waals surface area contributed by atoms with Gasteiger partial charge in [-0.3, -0.25) is 15.0 Å². The first-order chi connectivity index (χ1) is 15.5. The summed E-state index contributed by atoms with van der Waals surface area (Å²) in [6.07, 6.45) is 3.75. The molecule has 0 saturated carbocycles. The van der Waals surface area contributed by atoms with E-state index < -0.39 is 16.1 Å². The first-order valence-corrected chi connectivity index (χ1v) is 10.2. The molecule has 2 aliphatic heterocycles. The largest absolute Gasteiger partial charge is 0.493 e. The van der Waals surface area contributed by atoms with E-state index in [-0.39, 0.29) is 5.69 Å². The standard InChI is InChI=1S/C25H22N2O5/c1-24(18-9-5-4-6-10-18)20-11-7-8-12-21(20)26(31-3)25(24)14-13-17-15-19(27(28)29)16-22(30-2)23(17)32-25/h4-16H,1-3H3. The minimum atomic E-state index is -1.09. The van der Waals surface area contributed by atoms with Crippen LogP contribution in [-0.4, -0.2) is 24.9 Å². The van der Waals surface area contributed by atoms with Crippen molar-refractivity contribution < 1.29 is 19.2 Å². The Morgan fingerprint density at radius 1 is 1.03 bits per heavy atom. The van der Waals surface area contributed by atoms with Crippen molar-refractivity contribution in [3.05, 3.63) is 99.6 Å².